The lowest BCUT2D eigenvalue weighted by molar-refractivity contribution is 0.154. The third-order valence-electron chi connectivity index (χ3n) is 1.94. The van der Waals surface area contributed by atoms with Crippen molar-refractivity contribution in [3.05, 3.63) is 0 Å². The summed E-state index contributed by atoms with van der Waals surface area (Å²) in [6.45, 7) is 0. The molecule has 1 fully saturated rings. The summed E-state index contributed by atoms with van der Waals surface area (Å²) in [4.78, 5) is 0. The summed E-state index contributed by atoms with van der Waals surface area (Å²) >= 11 is 0. The molecule has 0 aromatic rings. The summed E-state index contributed by atoms with van der Waals surface area (Å²) < 4.78 is 25.0. The van der Waals surface area contributed by atoms with E-state index in [-0.39, 0.29) is 12.8 Å². The van der Waals surface area contributed by atoms with Crippen molar-refractivity contribution in [2.45, 2.75) is 44.1 Å². The Morgan fingerprint density at radius 3 is 1.70 bits per heavy atom. The van der Waals surface area contributed by atoms with Crippen LogP contribution in [0.2, 0.25) is 0 Å². The van der Waals surface area contributed by atoms with Crippen LogP contribution in [0.4, 0.5) is 8.78 Å². The first-order chi connectivity index (χ1) is 4.70. The minimum atomic E-state index is -1.35. The quantitative estimate of drug-likeness (QED) is 0.520. The van der Waals surface area contributed by atoms with Gasteiger partial charge in [0.25, 0.3) is 0 Å². The molecule has 0 amide bonds. The number of aliphatic hydroxyl groups is 1. The number of alkyl halides is 2. The Hall–Kier alpha value is -0.180. The predicted molar refractivity (Wildman–Crippen MR) is 34.3 cm³/mol. The predicted octanol–water partition coefficient (Wildman–Crippen LogP) is 1.60. The molecule has 60 valence electrons. The molecule has 0 spiro atoms. The molecule has 1 saturated carbocycles. The van der Waals surface area contributed by atoms with Crippen LogP contribution in [0.3, 0.4) is 0 Å². The molecule has 0 saturated heterocycles. The van der Waals surface area contributed by atoms with Crippen LogP contribution in [0.5, 0.6) is 0 Å². The van der Waals surface area contributed by atoms with Crippen molar-refractivity contribution in [1.82, 2.24) is 0 Å². The molecule has 0 aromatic heterocycles. The number of halogens is 2. The zero-order valence-corrected chi connectivity index (χ0v) is 5.76. The minimum absolute atomic E-state index is 0.169. The van der Waals surface area contributed by atoms with Crippen LogP contribution in [-0.2, 0) is 0 Å². The van der Waals surface area contributed by atoms with Crippen molar-refractivity contribution in [2.75, 3.05) is 0 Å². The Morgan fingerprint density at radius 1 is 0.900 bits per heavy atom. The van der Waals surface area contributed by atoms with Crippen LogP contribution < -0.4 is 0 Å². The lowest BCUT2D eigenvalue weighted by atomic mass is 10.1. The number of hydrogen-bond donors (Lipinski definition) is 1. The van der Waals surface area contributed by atoms with E-state index >= 15 is 0 Å². The molecule has 0 radical (unpaired) electrons. The summed E-state index contributed by atoms with van der Waals surface area (Å²) in [5.41, 5.74) is 0. The number of rotatable bonds is 0. The maximum absolute atomic E-state index is 12.5. The molecule has 2 unspecified atom stereocenters. The van der Waals surface area contributed by atoms with Gasteiger partial charge in [-0.3, -0.25) is 0 Å². The lowest BCUT2D eigenvalue weighted by Crippen LogP contribution is -2.14. The number of hydrogen-bond acceptors (Lipinski definition) is 1. The zero-order valence-electron chi connectivity index (χ0n) is 5.76. The highest BCUT2D eigenvalue weighted by molar-refractivity contribution is 4.75. The largest absolute Gasteiger partial charge is 0.393 e. The smallest absolute Gasteiger partial charge is 0.131 e. The van der Waals surface area contributed by atoms with Gasteiger partial charge in [-0.2, -0.15) is 0 Å². The fraction of sp³-hybridized carbons (Fsp3) is 1.00. The first-order valence-electron chi connectivity index (χ1n) is 3.66. The fourth-order valence-corrected chi connectivity index (χ4v) is 1.21. The maximum atomic E-state index is 12.5. The molecule has 3 heteroatoms. The molecule has 1 aliphatic rings. The van der Waals surface area contributed by atoms with E-state index in [4.69, 9.17) is 5.11 Å². The van der Waals surface area contributed by atoms with Crippen molar-refractivity contribution >= 4 is 0 Å². The summed E-state index contributed by atoms with van der Waals surface area (Å²) in [5, 5.41) is 8.99. The van der Waals surface area contributed by atoms with Gasteiger partial charge in [0.15, 0.2) is 0 Å². The topological polar surface area (TPSA) is 20.2 Å². The first kappa shape index (κ1) is 7.92. The van der Waals surface area contributed by atoms with Crippen molar-refractivity contribution in [3.8, 4) is 0 Å². The molecule has 0 aliphatic heterocycles. The molecule has 10 heavy (non-hydrogen) atoms. The zero-order chi connectivity index (χ0) is 7.56. The summed E-state index contributed by atoms with van der Waals surface area (Å²) in [5.74, 6) is 0. The number of aliphatic hydroxyl groups excluding tert-OH is 1. The van der Waals surface area contributed by atoms with E-state index in [2.05, 4.69) is 0 Å². The highest BCUT2D eigenvalue weighted by Crippen LogP contribution is 2.22. The van der Waals surface area contributed by atoms with Gasteiger partial charge in [0.05, 0.1) is 6.10 Å². The van der Waals surface area contributed by atoms with Crippen LogP contribution in [-0.4, -0.2) is 23.6 Å². The molecule has 1 rings (SSSR count). The average Bonchev–Trinajstić information content (AvgIpc) is 2.04. The Balaban J connectivity index is 2.38. The maximum Gasteiger partial charge on any atom is 0.131 e. The van der Waals surface area contributed by atoms with Gasteiger partial charge in [0.1, 0.15) is 12.3 Å². The van der Waals surface area contributed by atoms with E-state index < -0.39 is 18.4 Å². The van der Waals surface area contributed by atoms with Gasteiger partial charge >= 0.3 is 0 Å². The van der Waals surface area contributed by atoms with E-state index in [0.717, 1.165) is 0 Å². The van der Waals surface area contributed by atoms with Crippen molar-refractivity contribution in [2.24, 2.45) is 0 Å². The molecule has 1 N–H and O–H groups in total. The standard InChI is InChI=1S/C7H12F2O/c8-6-3-1-5(10)2-4-7(6)9/h5-7,10H,1-4H2. The molecule has 0 heterocycles. The molecular weight excluding hydrogens is 138 g/mol. The third kappa shape index (κ3) is 1.90. The Morgan fingerprint density at radius 2 is 1.30 bits per heavy atom. The van der Waals surface area contributed by atoms with E-state index in [1.54, 1.807) is 0 Å². The molecular formula is C7H12F2O. The van der Waals surface area contributed by atoms with Crippen molar-refractivity contribution in [1.29, 1.82) is 0 Å². The highest BCUT2D eigenvalue weighted by atomic mass is 19.2. The van der Waals surface area contributed by atoms with Crippen LogP contribution >= 0.6 is 0 Å². The molecule has 1 nitrogen and oxygen atoms in total. The van der Waals surface area contributed by atoms with Crippen LogP contribution in [0.1, 0.15) is 25.7 Å². The van der Waals surface area contributed by atoms with Gasteiger partial charge in [-0.05, 0) is 25.7 Å². The van der Waals surface area contributed by atoms with E-state index in [1.165, 1.54) is 0 Å². The van der Waals surface area contributed by atoms with Crippen LogP contribution in [0, 0.1) is 0 Å². The third-order valence-corrected chi connectivity index (χ3v) is 1.94. The Labute approximate surface area is 59.0 Å². The second-order valence-electron chi connectivity index (χ2n) is 2.84. The van der Waals surface area contributed by atoms with Gasteiger partial charge in [-0.15, -0.1) is 0 Å². The SMILES string of the molecule is OC1CCC(F)C(F)CC1. The average molecular weight is 150 g/mol. The second-order valence-corrected chi connectivity index (χ2v) is 2.84. The summed E-state index contributed by atoms with van der Waals surface area (Å²) in [6, 6.07) is 0. The summed E-state index contributed by atoms with van der Waals surface area (Å²) in [7, 11) is 0. The minimum Gasteiger partial charge on any atom is -0.393 e. The molecule has 0 aromatic carbocycles. The highest BCUT2D eigenvalue weighted by Gasteiger charge is 2.25. The van der Waals surface area contributed by atoms with Gasteiger partial charge in [0, 0.05) is 0 Å². The van der Waals surface area contributed by atoms with E-state index in [9.17, 15) is 8.78 Å². The molecule has 0 bridgehead atoms. The monoisotopic (exact) mass is 150 g/mol. The van der Waals surface area contributed by atoms with Gasteiger partial charge < -0.3 is 5.11 Å². The van der Waals surface area contributed by atoms with Gasteiger partial charge in [0.2, 0.25) is 0 Å². The van der Waals surface area contributed by atoms with Crippen LogP contribution in [0.15, 0.2) is 0 Å². The Bertz CT molecular complexity index is 95.8. The van der Waals surface area contributed by atoms with Crippen molar-refractivity contribution < 1.29 is 13.9 Å². The lowest BCUT2D eigenvalue weighted by Gasteiger charge is -2.06. The normalized spacial score (nSPS) is 42.9. The second kappa shape index (κ2) is 3.28. The molecule has 1 aliphatic carbocycles. The van der Waals surface area contributed by atoms with Crippen LogP contribution in [0.25, 0.3) is 0 Å². The summed E-state index contributed by atoms with van der Waals surface area (Å²) in [6.07, 6.45) is -2.04. The first-order valence-corrected chi connectivity index (χ1v) is 3.66. The fourth-order valence-electron chi connectivity index (χ4n) is 1.21. The Kier molecular flexibility index (Phi) is 2.60. The molecule has 2 atom stereocenters. The van der Waals surface area contributed by atoms with Crippen molar-refractivity contribution in [3.63, 3.8) is 0 Å². The van der Waals surface area contributed by atoms with E-state index in [0.29, 0.717) is 12.8 Å². The van der Waals surface area contributed by atoms with E-state index in [1.807, 2.05) is 0 Å². The van der Waals surface area contributed by atoms with Gasteiger partial charge in [-0.25, -0.2) is 8.78 Å². The van der Waals surface area contributed by atoms with Gasteiger partial charge in [-0.1, -0.05) is 0 Å².